The van der Waals surface area contributed by atoms with Crippen LogP contribution in [0.1, 0.15) is 50.7 Å². The molecule has 2 aromatic carbocycles. The van der Waals surface area contributed by atoms with E-state index in [0.717, 1.165) is 25.7 Å². The van der Waals surface area contributed by atoms with Gasteiger partial charge in [0.2, 0.25) is 20.0 Å². The van der Waals surface area contributed by atoms with Gasteiger partial charge in [0.25, 0.3) is 0 Å². The van der Waals surface area contributed by atoms with Crippen molar-refractivity contribution in [2.24, 2.45) is 22.4 Å². The van der Waals surface area contributed by atoms with Crippen molar-refractivity contribution in [3.63, 3.8) is 0 Å². The van der Waals surface area contributed by atoms with Crippen LogP contribution in [0, 0.1) is 17.3 Å². The summed E-state index contributed by atoms with van der Waals surface area (Å²) in [6, 6.07) is 8.77. The molecule has 3 aliphatic rings. The summed E-state index contributed by atoms with van der Waals surface area (Å²) < 4.78 is 57.3. The van der Waals surface area contributed by atoms with Crippen LogP contribution in [0.15, 0.2) is 51.3 Å². The number of sulfonamides is 2. The number of hydrogen-bond donors (Lipinski definition) is 4. The van der Waals surface area contributed by atoms with E-state index in [9.17, 15) is 31.9 Å². The van der Waals surface area contributed by atoms with Gasteiger partial charge in [0.1, 0.15) is 5.71 Å². The number of carbonyl (C=O) groups is 1. The summed E-state index contributed by atoms with van der Waals surface area (Å²) in [6.45, 7) is 2.50. The van der Waals surface area contributed by atoms with Gasteiger partial charge in [-0.3, -0.25) is 4.79 Å². The first-order valence-electron chi connectivity index (χ1n) is 12.1. The van der Waals surface area contributed by atoms with E-state index in [0.29, 0.717) is 34.1 Å². The van der Waals surface area contributed by atoms with Crippen molar-refractivity contribution in [3.05, 3.63) is 47.5 Å². The monoisotopic (exact) mass is 547 g/mol. The molecule has 0 heterocycles. The molecule has 12 heteroatoms. The minimum atomic E-state index is -4.07. The number of nitrogens with zero attached hydrogens (tertiary/aromatic N) is 1. The maximum absolute atomic E-state index is 13.2. The first-order valence-corrected chi connectivity index (χ1v) is 15.1. The maximum Gasteiger partial charge on any atom is 0.310 e. The van der Waals surface area contributed by atoms with Crippen molar-refractivity contribution < 1.29 is 31.9 Å². The minimum Gasteiger partial charge on any atom is -0.481 e. The van der Waals surface area contributed by atoms with Crippen LogP contribution < -0.4 is 9.44 Å². The average Bonchev–Trinajstić information content (AvgIpc) is 3.54. The van der Waals surface area contributed by atoms with Gasteiger partial charge in [-0.1, -0.05) is 23.7 Å². The number of nitrogens with one attached hydrogen (secondary N) is 2. The quantitative estimate of drug-likeness (QED) is 0.249. The highest BCUT2D eigenvalue weighted by Gasteiger charge is 2.41. The van der Waals surface area contributed by atoms with Crippen molar-refractivity contribution in [1.82, 2.24) is 9.44 Å². The third kappa shape index (κ3) is 4.56. The fourth-order valence-electron chi connectivity index (χ4n) is 5.59. The second-order valence-corrected chi connectivity index (χ2v) is 14.3. The molecule has 0 amide bonds. The van der Waals surface area contributed by atoms with Crippen LogP contribution in [-0.2, 0) is 24.8 Å². The number of carboxylic acids is 1. The first kappa shape index (κ1) is 25.8. The normalized spacial score (nSPS) is 23.8. The molecule has 0 radical (unpaired) electrons. The van der Waals surface area contributed by atoms with Crippen LogP contribution in [0.3, 0.4) is 0 Å². The van der Waals surface area contributed by atoms with E-state index in [1.54, 1.807) is 12.1 Å². The summed E-state index contributed by atoms with van der Waals surface area (Å²) in [6.07, 6.45) is 4.09. The van der Waals surface area contributed by atoms with Crippen molar-refractivity contribution in [2.45, 2.75) is 55.4 Å². The lowest BCUT2D eigenvalue weighted by molar-refractivity contribution is -0.146. The lowest BCUT2D eigenvalue weighted by atomic mass is 9.95. The van der Waals surface area contributed by atoms with Gasteiger partial charge in [-0.2, -0.15) is 0 Å². The highest BCUT2D eigenvalue weighted by Crippen LogP contribution is 2.45. The molecule has 0 saturated heterocycles. The molecular formula is C25H29N3O7S2. The Hall–Kier alpha value is -2.80. The second kappa shape index (κ2) is 8.90. The molecular weight excluding hydrogens is 518 g/mol. The standard InChI is InChI=1S/C25H29N3O7S2/c1-25(2,24(29)30)13-26-36(32,33)16-5-7-18-19-8-6-17(12-21(19)23(27-31)20(18)11-16)37(34,35)28-22-10-14-3-4-15(22)9-14/h5-8,11-12,14-15,22,26,28,31H,3-4,9-10,13H2,1-2H3,(H,29,30). The Bertz CT molecular complexity index is 1530. The zero-order valence-electron chi connectivity index (χ0n) is 20.4. The van der Waals surface area contributed by atoms with Gasteiger partial charge in [0.15, 0.2) is 0 Å². The number of oxime groups is 1. The molecule has 3 aliphatic carbocycles. The van der Waals surface area contributed by atoms with E-state index in [1.165, 1.54) is 38.1 Å². The van der Waals surface area contributed by atoms with E-state index in [1.807, 2.05) is 0 Å². The number of rotatable bonds is 8. The molecule has 5 rings (SSSR count). The summed E-state index contributed by atoms with van der Waals surface area (Å²) in [5.74, 6) is -0.200. The molecule has 0 spiro atoms. The molecule has 3 atom stereocenters. The van der Waals surface area contributed by atoms with Gasteiger partial charge in [-0.05, 0) is 80.3 Å². The molecule has 3 unspecified atom stereocenters. The molecule has 2 fully saturated rings. The van der Waals surface area contributed by atoms with Crippen LogP contribution in [-0.4, -0.2) is 51.4 Å². The van der Waals surface area contributed by atoms with Gasteiger partial charge in [-0.25, -0.2) is 26.3 Å². The number of benzene rings is 2. The lowest BCUT2D eigenvalue weighted by Crippen LogP contribution is -2.38. The third-order valence-electron chi connectivity index (χ3n) is 7.83. The van der Waals surface area contributed by atoms with Crippen molar-refractivity contribution in [2.75, 3.05) is 6.54 Å². The Morgan fingerprint density at radius 3 is 2.03 bits per heavy atom. The second-order valence-electron chi connectivity index (χ2n) is 10.8. The molecule has 10 nitrogen and oxygen atoms in total. The van der Waals surface area contributed by atoms with Gasteiger partial charge in [-0.15, -0.1) is 0 Å². The summed E-state index contributed by atoms with van der Waals surface area (Å²) in [7, 11) is -7.88. The van der Waals surface area contributed by atoms with Crippen LogP contribution in [0.4, 0.5) is 0 Å². The van der Waals surface area contributed by atoms with E-state index >= 15 is 0 Å². The molecule has 4 N–H and O–H groups in total. The van der Waals surface area contributed by atoms with Crippen LogP contribution in [0.25, 0.3) is 11.1 Å². The smallest absolute Gasteiger partial charge is 0.310 e. The fraction of sp³-hybridized carbons (Fsp3) is 0.440. The Morgan fingerprint density at radius 2 is 1.54 bits per heavy atom. The number of carboxylic acid groups (broad SMARTS) is 1. The van der Waals surface area contributed by atoms with Gasteiger partial charge in [0, 0.05) is 23.7 Å². The summed E-state index contributed by atoms with van der Waals surface area (Å²) >= 11 is 0. The Labute approximate surface area is 215 Å². The Kier molecular flexibility index (Phi) is 6.21. The Morgan fingerprint density at radius 1 is 0.946 bits per heavy atom. The molecule has 2 saturated carbocycles. The van der Waals surface area contributed by atoms with E-state index in [2.05, 4.69) is 14.6 Å². The SMILES string of the molecule is CC(C)(CNS(=O)(=O)c1ccc2c(c1)C(=NO)c1cc(S(=O)(=O)NC3CC4CCC3C4)ccc1-2)C(=O)O. The fourth-order valence-corrected chi connectivity index (χ4v) is 8.17. The van der Waals surface area contributed by atoms with Gasteiger partial charge in [0.05, 0.1) is 15.2 Å². The molecule has 0 aliphatic heterocycles. The molecule has 198 valence electrons. The largest absolute Gasteiger partial charge is 0.481 e. The van der Waals surface area contributed by atoms with Gasteiger partial charge < -0.3 is 10.3 Å². The maximum atomic E-state index is 13.2. The molecule has 37 heavy (non-hydrogen) atoms. The lowest BCUT2D eigenvalue weighted by Gasteiger charge is -2.22. The Balaban J connectivity index is 1.43. The molecule has 2 aromatic rings. The molecule has 0 aromatic heterocycles. The van der Waals surface area contributed by atoms with E-state index in [-0.39, 0.29) is 28.1 Å². The summed E-state index contributed by atoms with van der Waals surface area (Å²) in [5.41, 5.74) is 0.663. The highest BCUT2D eigenvalue weighted by molar-refractivity contribution is 7.89. The number of hydrogen-bond acceptors (Lipinski definition) is 7. The van der Waals surface area contributed by atoms with Gasteiger partial charge >= 0.3 is 5.97 Å². The highest BCUT2D eigenvalue weighted by atomic mass is 32.2. The predicted molar refractivity (Wildman–Crippen MR) is 135 cm³/mol. The van der Waals surface area contributed by atoms with E-state index in [4.69, 9.17) is 0 Å². The molecule has 2 bridgehead atoms. The zero-order chi connectivity index (χ0) is 26.8. The minimum absolute atomic E-state index is 0.0494. The topological polar surface area (TPSA) is 162 Å². The number of fused-ring (bicyclic) bond motifs is 5. The van der Waals surface area contributed by atoms with Crippen molar-refractivity contribution >= 4 is 31.7 Å². The third-order valence-corrected chi connectivity index (χ3v) is 10.7. The van der Waals surface area contributed by atoms with Crippen LogP contribution in [0.5, 0.6) is 0 Å². The van der Waals surface area contributed by atoms with Crippen molar-refractivity contribution in [3.8, 4) is 11.1 Å². The zero-order valence-corrected chi connectivity index (χ0v) is 22.1. The summed E-state index contributed by atoms with van der Waals surface area (Å²) in [4.78, 5) is 11.3. The first-order chi connectivity index (χ1) is 17.3. The van der Waals surface area contributed by atoms with Crippen LogP contribution in [0.2, 0.25) is 0 Å². The van der Waals surface area contributed by atoms with Crippen molar-refractivity contribution in [1.29, 1.82) is 0 Å². The van der Waals surface area contributed by atoms with Crippen LogP contribution >= 0.6 is 0 Å². The number of aliphatic carboxylic acids is 1. The van der Waals surface area contributed by atoms with E-state index < -0.39 is 31.4 Å². The summed E-state index contributed by atoms with van der Waals surface area (Å²) in [5, 5.41) is 22.4. The predicted octanol–water partition coefficient (Wildman–Crippen LogP) is 2.75. The average molecular weight is 548 g/mol.